The number of methoxy groups -OCH3 is 2. The predicted octanol–water partition coefficient (Wildman–Crippen LogP) is 5.65. The van der Waals surface area contributed by atoms with Crippen LogP contribution >= 0.6 is 11.6 Å². The number of halogens is 1. The van der Waals surface area contributed by atoms with Crippen LogP contribution in [0.3, 0.4) is 0 Å². The Hall–Kier alpha value is -2.11. The highest BCUT2D eigenvalue weighted by molar-refractivity contribution is 6.37. The van der Waals surface area contributed by atoms with Gasteiger partial charge in [-0.3, -0.25) is 0 Å². The number of nitrogens with zero attached hydrogens (tertiary/aromatic N) is 1. The van der Waals surface area contributed by atoms with Gasteiger partial charge in [-0.1, -0.05) is 60.1 Å². The monoisotopic (exact) mass is 453 g/mol. The van der Waals surface area contributed by atoms with Gasteiger partial charge in [0.25, 0.3) is 0 Å². The second-order valence-corrected chi connectivity index (χ2v) is 9.14. The molecule has 1 saturated heterocycles. The van der Waals surface area contributed by atoms with Gasteiger partial charge < -0.3 is 19.5 Å². The molecule has 0 aromatic heterocycles. The first-order valence-corrected chi connectivity index (χ1v) is 11.7. The number of piperidine rings is 1. The molecule has 3 aromatic rings. The van der Waals surface area contributed by atoms with Crippen molar-refractivity contribution in [2.75, 3.05) is 33.9 Å². The van der Waals surface area contributed by atoms with Crippen LogP contribution in [0.5, 0.6) is 5.75 Å². The molecular formula is C27H32ClNO3. The van der Waals surface area contributed by atoms with E-state index >= 15 is 0 Å². The molecule has 3 aromatic carbocycles. The van der Waals surface area contributed by atoms with E-state index in [9.17, 15) is 5.11 Å². The van der Waals surface area contributed by atoms with E-state index in [-0.39, 0.29) is 5.60 Å². The molecule has 1 atom stereocenters. The van der Waals surface area contributed by atoms with E-state index in [2.05, 4.69) is 35.2 Å². The quantitative estimate of drug-likeness (QED) is 0.478. The maximum absolute atomic E-state index is 10.8. The maximum atomic E-state index is 10.8. The zero-order chi connectivity index (χ0) is 22.6. The van der Waals surface area contributed by atoms with Crippen LogP contribution in [0.4, 0.5) is 0 Å². The number of likely N-dealkylation sites (tertiary alicyclic amines) is 1. The second kappa shape index (κ2) is 10.2. The van der Waals surface area contributed by atoms with Crippen molar-refractivity contribution in [3.8, 4) is 5.75 Å². The van der Waals surface area contributed by atoms with Crippen molar-refractivity contribution in [1.29, 1.82) is 0 Å². The summed E-state index contributed by atoms with van der Waals surface area (Å²) in [4.78, 5) is 2.44. The van der Waals surface area contributed by atoms with Gasteiger partial charge in [0.05, 0.1) is 23.8 Å². The van der Waals surface area contributed by atoms with Crippen LogP contribution in [0.25, 0.3) is 10.8 Å². The van der Waals surface area contributed by atoms with Gasteiger partial charge in [0.2, 0.25) is 0 Å². The Morgan fingerprint density at radius 2 is 1.78 bits per heavy atom. The molecule has 0 radical (unpaired) electrons. The average Bonchev–Trinajstić information content (AvgIpc) is 2.84. The van der Waals surface area contributed by atoms with Crippen LogP contribution in [0.15, 0.2) is 60.7 Å². The maximum Gasteiger partial charge on any atom is 0.138 e. The number of rotatable bonds is 8. The van der Waals surface area contributed by atoms with Crippen molar-refractivity contribution in [2.45, 2.75) is 37.4 Å². The Morgan fingerprint density at radius 1 is 1.03 bits per heavy atom. The fraction of sp³-hybridized carbons (Fsp3) is 0.407. The molecule has 0 bridgehead atoms. The molecule has 0 amide bonds. The normalized spacial score (nSPS) is 17.4. The molecule has 4 rings (SSSR count). The molecular weight excluding hydrogens is 422 g/mol. The van der Waals surface area contributed by atoms with Crippen molar-refractivity contribution in [3.05, 3.63) is 76.8 Å². The van der Waals surface area contributed by atoms with Crippen molar-refractivity contribution < 1.29 is 14.6 Å². The fourth-order valence-electron chi connectivity index (χ4n) is 4.73. The van der Waals surface area contributed by atoms with Crippen LogP contribution in [-0.2, 0) is 11.2 Å². The first-order chi connectivity index (χ1) is 15.5. The van der Waals surface area contributed by atoms with Gasteiger partial charge in [-0.05, 0) is 47.9 Å². The Labute approximate surface area is 195 Å². The molecule has 1 N–H and O–H groups in total. The average molecular weight is 454 g/mol. The minimum absolute atomic E-state index is 0.0882. The van der Waals surface area contributed by atoms with E-state index in [0.29, 0.717) is 17.2 Å². The summed E-state index contributed by atoms with van der Waals surface area (Å²) in [6, 6.07) is 20.4. The molecule has 1 aliphatic rings. The number of ether oxygens (including phenoxy) is 2. The molecule has 1 fully saturated rings. The molecule has 0 saturated carbocycles. The Morgan fingerprint density at radius 3 is 2.47 bits per heavy atom. The third-order valence-corrected chi connectivity index (χ3v) is 7.23. The summed E-state index contributed by atoms with van der Waals surface area (Å²) in [6.07, 6.45) is 3.16. The van der Waals surface area contributed by atoms with Gasteiger partial charge in [-0.2, -0.15) is 0 Å². The molecule has 1 heterocycles. The van der Waals surface area contributed by atoms with E-state index in [1.165, 1.54) is 5.56 Å². The summed E-state index contributed by atoms with van der Waals surface area (Å²) in [6.45, 7) is 2.84. The summed E-state index contributed by atoms with van der Waals surface area (Å²) in [5, 5.41) is 13.4. The van der Waals surface area contributed by atoms with Gasteiger partial charge in [-0.15, -0.1) is 0 Å². The summed E-state index contributed by atoms with van der Waals surface area (Å²) in [5.41, 5.74) is 2.16. The Balaban J connectivity index is 1.33. The van der Waals surface area contributed by atoms with Crippen LogP contribution in [0.1, 0.15) is 36.5 Å². The van der Waals surface area contributed by atoms with Gasteiger partial charge in [0, 0.05) is 38.6 Å². The second-order valence-electron chi connectivity index (χ2n) is 8.76. The summed E-state index contributed by atoms with van der Waals surface area (Å²) in [5.74, 6) is 0.664. The van der Waals surface area contributed by atoms with Crippen molar-refractivity contribution in [3.63, 3.8) is 0 Å². The number of fused-ring (bicyclic) bond motifs is 1. The van der Waals surface area contributed by atoms with Crippen LogP contribution < -0.4 is 4.74 Å². The van der Waals surface area contributed by atoms with Gasteiger partial charge in [0.1, 0.15) is 5.75 Å². The minimum Gasteiger partial charge on any atom is -0.495 e. The fourth-order valence-corrected chi connectivity index (χ4v) is 5.04. The molecule has 0 spiro atoms. The molecule has 1 unspecified atom stereocenters. The van der Waals surface area contributed by atoms with Gasteiger partial charge >= 0.3 is 0 Å². The van der Waals surface area contributed by atoms with Crippen LogP contribution in [0.2, 0.25) is 5.02 Å². The van der Waals surface area contributed by atoms with Crippen molar-refractivity contribution in [1.82, 2.24) is 4.90 Å². The summed E-state index contributed by atoms with van der Waals surface area (Å²) < 4.78 is 11.3. The summed E-state index contributed by atoms with van der Waals surface area (Å²) >= 11 is 6.42. The Bertz CT molecular complexity index is 1030. The number of benzene rings is 3. The molecule has 0 aliphatic carbocycles. The van der Waals surface area contributed by atoms with Crippen LogP contribution in [0, 0.1) is 0 Å². The highest BCUT2D eigenvalue weighted by atomic mass is 35.5. The summed E-state index contributed by atoms with van der Waals surface area (Å²) in [7, 11) is 3.45. The molecule has 1 aliphatic heterocycles. The minimum atomic E-state index is -0.501. The topological polar surface area (TPSA) is 41.9 Å². The number of aliphatic hydroxyl groups is 1. The van der Waals surface area contributed by atoms with Gasteiger partial charge in [-0.25, -0.2) is 0 Å². The van der Waals surface area contributed by atoms with E-state index in [1.807, 2.05) is 37.4 Å². The van der Waals surface area contributed by atoms with Crippen LogP contribution in [-0.4, -0.2) is 49.5 Å². The SMILES string of the molecule is COc1ccc2cc(C(O)CCN3CCC(Cc4ccccc4)(OC)CC3)ccc2c1Cl. The van der Waals surface area contributed by atoms with E-state index in [0.717, 1.165) is 55.2 Å². The zero-order valence-corrected chi connectivity index (χ0v) is 19.6. The number of aliphatic hydroxyl groups excluding tert-OH is 1. The molecule has 5 heteroatoms. The van der Waals surface area contributed by atoms with E-state index in [4.69, 9.17) is 21.1 Å². The lowest BCUT2D eigenvalue weighted by molar-refractivity contribution is -0.0577. The van der Waals surface area contributed by atoms with Gasteiger partial charge in [0.15, 0.2) is 0 Å². The molecule has 170 valence electrons. The van der Waals surface area contributed by atoms with E-state index < -0.39 is 6.10 Å². The number of hydrogen-bond donors (Lipinski definition) is 1. The third-order valence-electron chi connectivity index (χ3n) is 6.84. The van der Waals surface area contributed by atoms with E-state index in [1.54, 1.807) is 7.11 Å². The lowest BCUT2D eigenvalue weighted by Gasteiger charge is -2.41. The smallest absolute Gasteiger partial charge is 0.138 e. The number of hydrogen-bond acceptors (Lipinski definition) is 4. The first-order valence-electron chi connectivity index (χ1n) is 11.3. The third kappa shape index (κ3) is 5.10. The zero-order valence-electron chi connectivity index (χ0n) is 18.9. The lowest BCUT2D eigenvalue weighted by atomic mass is 9.85. The standard InChI is InChI=1S/C27H32ClNO3/c1-31-25-11-9-21-18-22(8-10-23(21)26(25)28)24(30)12-15-29-16-13-27(32-2,14-17-29)19-20-6-4-3-5-7-20/h3-11,18,24,30H,12-17,19H2,1-2H3. The molecule has 4 nitrogen and oxygen atoms in total. The predicted molar refractivity (Wildman–Crippen MR) is 131 cm³/mol. The highest BCUT2D eigenvalue weighted by Gasteiger charge is 2.34. The Kier molecular flexibility index (Phi) is 7.37. The molecule has 32 heavy (non-hydrogen) atoms. The first kappa shape index (κ1) is 23.1. The largest absolute Gasteiger partial charge is 0.495 e. The van der Waals surface area contributed by atoms with Crippen molar-refractivity contribution >= 4 is 22.4 Å². The van der Waals surface area contributed by atoms with Crippen molar-refractivity contribution in [2.24, 2.45) is 0 Å². The highest BCUT2D eigenvalue weighted by Crippen LogP contribution is 2.34. The lowest BCUT2D eigenvalue weighted by Crippen LogP contribution is -2.47.